The molecule has 2 aliphatic heterocycles. The molecule has 0 aromatic heterocycles. The lowest BCUT2D eigenvalue weighted by atomic mass is 9.99. The van der Waals surface area contributed by atoms with Gasteiger partial charge in [-0.2, -0.15) is 0 Å². The van der Waals surface area contributed by atoms with Gasteiger partial charge in [-0.1, -0.05) is 6.92 Å². The van der Waals surface area contributed by atoms with Crippen LogP contribution in [0.25, 0.3) is 0 Å². The van der Waals surface area contributed by atoms with Crippen LogP contribution >= 0.6 is 0 Å². The molecule has 2 heterocycles. The first kappa shape index (κ1) is 15.8. The Morgan fingerprint density at radius 1 is 1.13 bits per heavy atom. The van der Waals surface area contributed by atoms with E-state index < -0.39 is 0 Å². The summed E-state index contributed by atoms with van der Waals surface area (Å²) in [7, 11) is 1.36. The van der Waals surface area contributed by atoms with E-state index in [0.717, 1.165) is 24.7 Å². The molecule has 1 aromatic carbocycles. The molecule has 0 radical (unpaired) electrons. The van der Waals surface area contributed by atoms with Crippen LogP contribution in [0, 0.1) is 11.8 Å². The minimum absolute atomic E-state index is 0.0139. The summed E-state index contributed by atoms with van der Waals surface area (Å²) in [5, 5.41) is 0. The van der Waals surface area contributed by atoms with Crippen molar-refractivity contribution in [1.82, 2.24) is 0 Å². The molecule has 0 bridgehead atoms. The first-order valence-corrected chi connectivity index (χ1v) is 8.31. The third-order valence-corrected chi connectivity index (χ3v) is 4.97. The SMILES string of the molecule is COC(=O)[C@@H]1CC(=O)N(c2ccc(N3CCC(C)CC3)cc2)C1. The molecule has 2 aliphatic rings. The maximum Gasteiger partial charge on any atom is 0.311 e. The van der Waals surface area contributed by atoms with E-state index in [9.17, 15) is 9.59 Å². The number of hydrogen-bond donors (Lipinski definition) is 0. The number of nitrogens with zero attached hydrogens (tertiary/aromatic N) is 2. The van der Waals surface area contributed by atoms with Crippen LogP contribution in [0.3, 0.4) is 0 Å². The fourth-order valence-corrected chi connectivity index (χ4v) is 3.39. The van der Waals surface area contributed by atoms with E-state index in [-0.39, 0.29) is 24.2 Å². The summed E-state index contributed by atoms with van der Waals surface area (Å²) >= 11 is 0. The Labute approximate surface area is 137 Å². The number of piperidine rings is 1. The summed E-state index contributed by atoms with van der Waals surface area (Å²) in [6.45, 7) is 4.89. The molecule has 0 unspecified atom stereocenters. The number of esters is 1. The highest BCUT2D eigenvalue weighted by Crippen LogP contribution is 2.29. The Morgan fingerprint density at radius 2 is 1.74 bits per heavy atom. The topological polar surface area (TPSA) is 49.9 Å². The van der Waals surface area contributed by atoms with Crippen LogP contribution in [0.5, 0.6) is 0 Å². The van der Waals surface area contributed by atoms with Crippen LogP contribution in [-0.4, -0.2) is 38.6 Å². The van der Waals surface area contributed by atoms with Crippen molar-refractivity contribution in [2.24, 2.45) is 11.8 Å². The number of ether oxygens (including phenoxy) is 1. The van der Waals surface area contributed by atoms with Crippen LogP contribution in [0.1, 0.15) is 26.2 Å². The highest BCUT2D eigenvalue weighted by atomic mass is 16.5. The van der Waals surface area contributed by atoms with E-state index in [1.807, 2.05) is 12.1 Å². The lowest BCUT2D eigenvalue weighted by Crippen LogP contribution is -2.32. The molecule has 2 fully saturated rings. The molecule has 0 N–H and O–H groups in total. The number of benzene rings is 1. The second-order valence-corrected chi connectivity index (χ2v) is 6.61. The maximum atomic E-state index is 12.1. The summed E-state index contributed by atoms with van der Waals surface area (Å²) in [4.78, 5) is 27.8. The fraction of sp³-hybridized carbons (Fsp3) is 0.556. The first-order valence-electron chi connectivity index (χ1n) is 8.31. The van der Waals surface area contributed by atoms with Crippen molar-refractivity contribution in [3.05, 3.63) is 24.3 Å². The standard InChI is InChI=1S/C18H24N2O3/c1-13-7-9-19(10-8-13)15-3-5-16(6-4-15)20-12-14(11-17(20)21)18(22)23-2/h3-6,13-14H,7-12H2,1-2H3/t14-/m1/s1. The molecular formula is C18H24N2O3. The van der Waals surface area contributed by atoms with Gasteiger partial charge < -0.3 is 14.5 Å². The van der Waals surface area contributed by atoms with Gasteiger partial charge in [0.1, 0.15) is 0 Å². The average Bonchev–Trinajstić information content (AvgIpc) is 2.97. The molecule has 1 aromatic rings. The predicted octanol–water partition coefficient (Wildman–Crippen LogP) is 2.45. The molecule has 2 saturated heterocycles. The number of hydrogen-bond acceptors (Lipinski definition) is 4. The van der Waals surface area contributed by atoms with Crippen LogP contribution in [-0.2, 0) is 14.3 Å². The minimum Gasteiger partial charge on any atom is -0.469 e. The molecule has 23 heavy (non-hydrogen) atoms. The van der Waals surface area contributed by atoms with Gasteiger partial charge in [0, 0.05) is 37.4 Å². The van der Waals surface area contributed by atoms with Gasteiger partial charge in [-0.3, -0.25) is 9.59 Å². The van der Waals surface area contributed by atoms with Crippen molar-refractivity contribution in [3.63, 3.8) is 0 Å². The number of carbonyl (C=O) groups excluding carboxylic acids is 2. The zero-order valence-electron chi connectivity index (χ0n) is 13.8. The van der Waals surface area contributed by atoms with Gasteiger partial charge in [0.2, 0.25) is 5.91 Å². The number of rotatable bonds is 3. The van der Waals surface area contributed by atoms with Crippen LogP contribution < -0.4 is 9.80 Å². The van der Waals surface area contributed by atoms with E-state index in [4.69, 9.17) is 4.74 Å². The number of methoxy groups -OCH3 is 1. The van der Waals surface area contributed by atoms with Crippen LogP contribution in [0.15, 0.2) is 24.3 Å². The van der Waals surface area contributed by atoms with E-state index in [1.54, 1.807) is 4.90 Å². The highest BCUT2D eigenvalue weighted by Gasteiger charge is 2.35. The minimum atomic E-state index is -0.351. The number of amides is 1. The summed E-state index contributed by atoms with van der Waals surface area (Å²) in [6, 6.07) is 8.10. The Morgan fingerprint density at radius 3 is 2.35 bits per heavy atom. The van der Waals surface area contributed by atoms with Gasteiger partial charge >= 0.3 is 5.97 Å². The van der Waals surface area contributed by atoms with Crippen LogP contribution in [0.2, 0.25) is 0 Å². The molecule has 0 aliphatic carbocycles. The Hall–Kier alpha value is -2.04. The third-order valence-electron chi connectivity index (χ3n) is 4.97. The molecule has 5 nitrogen and oxygen atoms in total. The van der Waals surface area contributed by atoms with Crippen molar-refractivity contribution < 1.29 is 14.3 Å². The van der Waals surface area contributed by atoms with E-state index in [2.05, 4.69) is 24.0 Å². The third kappa shape index (κ3) is 3.33. The second-order valence-electron chi connectivity index (χ2n) is 6.61. The van der Waals surface area contributed by atoms with Gasteiger partial charge in [-0.15, -0.1) is 0 Å². The highest BCUT2D eigenvalue weighted by molar-refractivity contribution is 5.99. The maximum absolute atomic E-state index is 12.1. The zero-order valence-corrected chi connectivity index (χ0v) is 13.8. The van der Waals surface area contributed by atoms with Crippen molar-refractivity contribution in [1.29, 1.82) is 0 Å². The smallest absolute Gasteiger partial charge is 0.311 e. The van der Waals surface area contributed by atoms with E-state index >= 15 is 0 Å². The molecule has 0 saturated carbocycles. The Balaban J connectivity index is 1.68. The zero-order chi connectivity index (χ0) is 16.4. The normalized spacial score (nSPS) is 22.5. The Bertz CT molecular complexity index is 576. The van der Waals surface area contributed by atoms with Crippen molar-refractivity contribution in [2.45, 2.75) is 26.2 Å². The van der Waals surface area contributed by atoms with E-state index in [0.29, 0.717) is 6.54 Å². The molecule has 124 valence electrons. The molecular weight excluding hydrogens is 292 g/mol. The molecule has 1 atom stereocenters. The summed E-state index contributed by atoms with van der Waals surface area (Å²) in [5.41, 5.74) is 2.06. The van der Waals surface area contributed by atoms with Gasteiger partial charge in [-0.25, -0.2) is 0 Å². The quantitative estimate of drug-likeness (QED) is 0.804. The van der Waals surface area contributed by atoms with Crippen molar-refractivity contribution in [2.75, 3.05) is 36.5 Å². The van der Waals surface area contributed by atoms with Gasteiger partial charge in [0.05, 0.1) is 13.0 Å². The monoisotopic (exact) mass is 316 g/mol. The summed E-state index contributed by atoms with van der Waals surface area (Å²) < 4.78 is 4.75. The molecule has 5 heteroatoms. The second kappa shape index (κ2) is 6.60. The number of anilines is 2. The van der Waals surface area contributed by atoms with E-state index in [1.165, 1.54) is 25.6 Å². The fourth-order valence-electron chi connectivity index (χ4n) is 3.39. The predicted molar refractivity (Wildman–Crippen MR) is 89.5 cm³/mol. The average molecular weight is 316 g/mol. The molecule has 3 rings (SSSR count). The number of carbonyl (C=O) groups is 2. The van der Waals surface area contributed by atoms with Gasteiger partial charge in [-0.05, 0) is 43.0 Å². The van der Waals surface area contributed by atoms with Crippen molar-refractivity contribution in [3.8, 4) is 0 Å². The van der Waals surface area contributed by atoms with Gasteiger partial charge in [0.15, 0.2) is 0 Å². The summed E-state index contributed by atoms with van der Waals surface area (Å²) in [5.74, 6) is 0.138. The molecule has 1 amide bonds. The Kier molecular flexibility index (Phi) is 4.55. The first-order chi connectivity index (χ1) is 11.1. The lowest BCUT2D eigenvalue weighted by molar-refractivity contribution is -0.145. The largest absolute Gasteiger partial charge is 0.469 e. The summed E-state index contributed by atoms with van der Waals surface area (Å²) in [6.07, 6.45) is 2.69. The van der Waals surface area contributed by atoms with Gasteiger partial charge in [0.25, 0.3) is 0 Å². The molecule has 0 spiro atoms. The lowest BCUT2D eigenvalue weighted by Gasteiger charge is -2.32. The van der Waals surface area contributed by atoms with Crippen molar-refractivity contribution >= 4 is 23.3 Å². The van der Waals surface area contributed by atoms with Crippen LogP contribution in [0.4, 0.5) is 11.4 Å².